The number of aryl methyl sites for hydroxylation is 1. The summed E-state index contributed by atoms with van der Waals surface area (Å²) in [5.74, 6) is 0. The number of rotatable bonds is 4. The van der Waals surface area contributed by atoms with Gasteiger partial charge in [-0.1, -0.05) is 48.0 Å². The summed E-state index contributed by atoms with van der Waals surface area (Å²) in [6, 6.07) is 18.2. The van der Waals surface area contributed by atoms with E-state index in [4.69, 9.17) is 0 Å². The van der Waals surface area contributed by atoms with Crippen LogP contribution in [0.2, 0.25) is 0 Å². The van der Waals surface area contributed by atoms with Gasteiger partial charge in [-0.05, 0) is 38.0 Å². The maximum absolute atomic E-state index is 13.1. The molecule has 0 unspecified atom stereocenters. The van der Waals surface area contributed by atoms with Gasteiger partial charge in [-0.15, -0.1) is 0 Å². The van der Waals surface area contributed by atoms with Gasteiger partial charge in [-0.2, -0.15) is 4.31 Å². The van der Waals surface area contributed by atoms with Crippen LogP contribution >= 0.6 is 0 Å². The summed E-state index contributed by atoms with van der Waals surface area (Å²) < 4.78 is 27.8. The normalized spacial score (nSPS) is 27.0. The van der Waals surface area contributed by atoms with Crippen LogP contribution in [-0.2, 0) is 16.6 Å². The Labute approximate surface area is 150 Å². The molecule has 2 aromatic carbocycles. The zero-order valence-corrected chi connectivity index (χ0v) is 15.5. The van der Waals surface area contributed by atoms with Crippen molar-refractivity contribution < 1.29 is 8.42 Å². The molecule has 2 heterocycles. The fourth-order valence-electron chi connectivity index (χ4n) is 4.23. The van der Waals surface area contributed by atoms with Crippen molar-refractivity contribution in [2.24, 2.45) is 0 Å². The number of likely N-dealkylation sites (tertiary alicyclic amines) is 1. The number of hydrogen-bond acceptors (Lipinski definition) is 3. The van der Waals surface area contributed by atoms with Crippen molar-refractivity contribution in [1.29, 1.82) is 0 Å². The topological polar surface area (TPSA) is 40.6 Å². The number of hydrogen-bond donors (Lipinski definition) is 0. The van der Waals surface area contributed by atoms with Crippen LogP contribution in [0.25, 0.3) is 0 Å². The summed E-state index contributed by atoms with van der Waals surface area (Å²) in [7, 11) is -3.41. The first kappa shape index (κ1) is 16.8. The molecule has 3 atom stereocenters. The Balaban J connectivity index is 1.54. The molecule has 2 aromatic rings. The first-order valence-corrected chi connectivity index (χ1v) is 10.3. The van der Waals surface area contributed by atoms with E-state index in [2.05, 4.69) is 36.1 Å². The fraction of sp³-hybridized carbons (Fsp3) is 0.400. The molecule has 0 aliphatic carbocycles. The van der Waals surface area contributed by atoms with Crippen molar-refractivity contribution in [2.75, 3.05) is 6.54 Å². The van der Waals surface area contributed by atoms with Crippen molar-refractivity contribution >= 4 is 10.0 Å². The lowest BCUT2D eigenvalue weighted by Crippen LogP contribution is -2.53. The average Bonchev–Trinajstić information content (AvgIpc) is 3.17. The average molecular weight is 356 g/mol. The molecule has 0 N–H and O–H groups in total. The van der Waals surface area contributed by atoms with Crippen LogP contribution in [0.4, 0.5) is 0 Å². The summed E-state index contributed by atoms with van der Waals surface area (Å²) >= 11 is 0. The highest BCUT2D eigenvalue weighted by molar-refractivity contribution is 7.89. The zero-order valence-electron chi connectivity index (χ0n) is 14.7. The minimum Gasteiger partial charge on any atom is -0.290 e. The van der Waals surface area contributed by atoms with E-state index in [1.165, 1.54) is 5.56 Å². The summed E-state index contributed by atoms with van der Waals surface area (Å²) in [5.41, 5.74) is 2.36. The predicted octanol–water partition coefficient (Wildman–Crippen LogP) is 3.03. The van der Waals surface area contributed by atoms with Gasteiger partial charge < -0.3 is 0 Å². The van der Waals surface area contributed by atoms with Crippen molar-refractivity contribution in [3.63, 3.8) is 0 Å². The van der Waals surface area contributed by atoms with Crippen LogP contribution < -0.4 is 0 Å². The molecule has 0 saturated carbocycles. The number of nitrogens with zero attached hydrogens (tertiary/aromatic N) is 2. The molecule has 25 heavy (non-hydrogen) atoms. The van der Waals surface area contributed by atoms with E-state index in [0.717, 1.165) is 18.5 Å². The highest BCUT2D eigenvalue weighted by Gasteiger charge is 2.52. The van der Waals surface area contributed by atoms with Gasteiger partial charge in [-0.25, -0.2) is 8.42 Å². The first-order chi connectivity index (χ1) is 12.0. The fourth-order valence-corrected chi connectivity index (χ4v) is 5.97. The Hall–Kier alpha value is -1.69. The molecule has 2 aliphatic rings. The molecular formula is C20H24N2O2S. The molecule has 5 heteroatoms. The van der Waals surface area contributed by atoms with Crippen LogP contribution in [0.5, 0.6) is 0 Å². The lowest BCUT2D eigenvalue weighted by atomic mass is 10.1. The minimum absolute atomic E-state index is 0.0695. The van der Waals surface area contributed by atoms with E-state index in [-0.39, 0.29) is 12.1 Å². The molecule has 0 aromatic heterocycles. The molecule has 2 aliphatic heterocycles. The van der Waals surface area contributed by atoms with Crippen molar-refractivity contribution in [3.8, 4) is 0 Å². The second-order valence-electron chi connectivity index (χ2n) is 7.24. The van der Waals surface area contributed by atoms with Crippen molar-refractivity contribution in [2.45, 2.75) is 49.8 Å². The maximum Gasteiger partial charge on any atom is 0.243 e. The second-order valence-corrected chi connectivity index (χ2v) is 9.13. The van der Waals surface area contributed by atoms with Crippen LogP contribution in [-0.4, -0.2) is 42.3 Å². The van der Waals surface area contributed by atoms with E-state index in [1.807, 2.05) is 25.1 Å². The molecule has 2 fully saturated rings. The maximum atomic E-state index is 13.1. The van der Waals surface area contributed by atoms with Gasteiger partial charge in [0.15, 0.2) is 0 Å². The zero-order chi connectivity index (χ0) is 17.6. The Kier molecular flexibility index (Phi) is 4.18. The van der Waals surface area contributed by atoms with E-state index in [0.29, 0.717) is 17.5 Å². The first-order valence-electron chi connectivity index (χ1n) is 8.85. The second kappa shape index (κ2) is 6.24. The lowest BCUT2D eigenvalue weighted by molar-refractivity contribution is 0.117. The van der Waals surface area contributed by atoms with Crippen LogP contribution in [0.3, 0.4) is 0 Å². The monoisotopic (exact) mass is 356 g/mol. The molecule has 0 radical (unpaired) electrons. The van der Waals surface area contributed by atoms with E-state index < -0.39 is 10.0 Å². The lowest BCUT2D eigenvalue weighted by Gasteiger charge is -2.38. The van der Waals surface area contributed by atoms with Gasteiger partial charge in [0, 0.05) is 31.2 Å². The molecule has 4 nitrogen and oxygen atoms in total. The van der Waals surface area contributed by atoms with Crippen LogP contribution in [0.15, 0.2) is 59.5 Å². The third-order valence-electron chi connectivity index (χ3n) is 5.66. The number of benzene rings is 2. The standard InChI is InChI=1S/C20H24N2O2S/c1-15-8-10-19(11-9-15)25(23,24)22-14-18-12-20(22)16(2)21(18)13-17-6-4-3-5-7-17/h3-11,16,18,20H,12-14H2,1-2H3/t16-,18+,20+/m0/s1. The van der Waals surface area contributed by atoms with Gasteiger partial charge in [0.05, 0.1) is 4.90 Å². The number of piperazine rings is 1. The van der Waals surface area contributed by atoms with Gasteiger partial charge in [0.2, 0.25) is 10.0 Å². The highest BCUT2D eigenvalue weighted by atomic mass is 32.2. The quantitative estimate of drug-likeness (QED) is 0.845. The van der Waals surface area contributed by atoms with E-state index in [9.17, 15) is 8.42 Å². The number of sulfonamides is 1. The Bertz CT molecular complexity index is 847. The molecule has 0 amide bonds. The summed E-state index contributed by atoms with van der Waals surface area (Å²) in [4.78, 5) is 2.87. The Morgan fingerprint density at radius 1 is 1.04 bits per heavy atom. The Morgan fingerprint density at radius 3 is 2.36 bits per heavy atom. The third kappa shape index (κ3) is 2.90. The predicted molar refractivity (Wildman–Crippen MR) is 98.7 cm³/mol. The summed E-state index contributed by atoms with van der Waals surface area (Å²) in [6.07, 6.45) is 0.930. The molecule has 4 rings (SSSR count). The SMILES string of the molecule is Cc1ccc(S(=O)(=O)N2C[C@H]3C[C@@H]2[C@H](C)N3Cc2ccccc2)cc1. The molecule has 132 valence electrons. The largest absolute Gasteiger partial charge is 0.290 e. The van der Waals surface area contributed by atoms with E-state index in [1.54, 1.807) is 16.4 Å². The van der Waals surface area contributed by atoms with Crippen molar-refractivity contribution in [1.82, 2.24) is 9.21 Å². The van der Waals surface area contributed by atoms with Gasteiger partial charge in [-0.3, -0.25) is 4.90 Å². The van der Waals surface area contributed by atoms with Crippen molar-refractivity contribution in [3.05, 3.63) is 65.7 Å². The summed E-state index contributed by atoms with van der Waals surface area (Å²) in [5, 5.41) is 0. The van der Waals surface area contributed by atoms with Crippen LogP contribution in [0.1, 0.15) is 24.5 Å². The third-order valence-corrected chi connectivity index (χ3v) is 7.56. The van der Waals surface area contributed by atoms with Gasteiger partial charge >= 0.3 is 0 Å². The Morgan fingerprint density at radius 2 is 1.72 bits per heavy atom. The van der Waals surface area contributed by atoms with Gasteiger partial charge in [0.25, 0.3) is 0 Å². The minimum atomic E-state index is -3.41. The highest BCUT2D eigenvalue weighted by Crippen LogP contribution is 2.39. The molecule has 2 bridgehead atoms. The van der Waals surface area contributed by atoms with Gasteiger partial charge in [0.1, 0.15) is 0 Å². The molecule has 2 saturated heterocycles. The van der Waals surface area contributed by atoms with Crippen LogP contribution in [0, 0.1) is 6.92 Å². The van der Waals surface area contributed by atoms with E-state index >= 15 is 0 Å². The molecular weight excluding hydrogens is 332 g/mol. The molecule has 0 spiro atoms. The summed E-state index contributed by atoms with van der Waals surface area (Å²) in [6.45, 7) is 5.61. The number of fused-ring (bicyclic) bond motifs is 2. The smallest absolute Gasteiger partial charge is 0.243 e.